The number of nitrogens with one attached hydrogen (secondary N) is 2. The molecular formula is C29H24F3N5O3. The Morgan fingerprint density at radius 1 is 1.10 bits per heavy atom. The van der Waals surface area contributed by atoms with Crippen LogP contribution in [-0.4, -0.2) is 15.9 Å². The highest BCUT2D eigenvalue weighted by atomic mass is 19.4. The Hall–Kier alpha value is -4.77. The molecule has 0 aliphatic carbocycles. The van der Waals surface area contributed by atoms with Crippen LogP contribution in [0.3, 0.4) is 0 Å². The molecule has 0 saturated carbocycles. The van der Waals surface area contributed by atoms with E-state index in [-0.39, 0.29) is 15.9 Å². The fourth-order valence-corrected chi connectivity index (χ4v) is 4.23. The summed E-state index contributed by atoms with van der Waals surface area (Å²) in [7, 11) is 0. The number of pyridine rings is 3. The highest BCUT2D eigenvalue weighted by Gasteiger charge is 2.39. The molecule has 204 valence electrons. The van der Waals surface area contributed by atoms with Gasteiger partial charge in [-0.25, -0.2) is 0 Å². The number of benzene rings is 1. The average molecular weight is 548 g/mol. The van der Waals surface area contributed by atoms with Crippen LogP contribution in [0.15, 0.2) is 85.3 Å². The lowest BCUT2D eigenvalue weighted by molar-refractivity contribution is -0.629. The van der Waals surface area contributed by atoms with Gasteiger partial charge >= 0.3 is 6.18 Å². The minimum Gasteiger partial charge on any atom is -0.618 e. The molecule has 1 aromatic carbocycles. The van der Waals surface area contributed by atoms with Gasteiger partial charge in [0.2, 0.25) is 0 Å². The van der Waals surface area contributed by atoms with Crippen LogP contribution in [0, 0.1) is 12.1 Å². The highest BCUT2D eigenvalue weighted by Crippen LogP contribution is 2.31. The quantitative estimate of drug-likeness (QED) is 0.254. The number of amides is 1. The van der Waals surface area contributed by atoms with E-state index in [1.165, 1.54) is 6.07 Å². The number of aryl methyl sites for hydroxylation is 1. The highest BCUT2D eigenvalue weighted by molar-refractivity contribution is 5.96. The molecule has 2 atom stereocenters. The zero-order valence-corrected chi connectivity index (χ0v) is 21.4. The number of carbonyl (C=O) groups is 1. The van der Waals surface area contributed by atoms with Gasteiger partial charge in [-0.3, -0.25) is 25.1 Å². The molecule has 0 bridgehead atoms. The Bertz CT molecular complexity index is 1570. The van der Waals surface area contributed by atoms with Crippen molar-refractivity contribution in [1.29, 1.82) is 0 Å². The van der Waals surface area contributed by atoms with Gasteiger partial charge in [0.15, 0.2) is 6.20 Å². The van der Waals surface area contributed by atoms with Gasteiger partial charge in [-0.05, 0) is 68.0 Å². The molecule has 3 aromatic heterocycles. The van der Waals surface area contributed by atoms with Gasteiger partial charge < -0.3 is 10.5 Å². The Morgan fingerprint density at radius 2 is 1.90 bits per heavy atom. The lowest BCUT2D eigenvalue weighted by Crippen LogP contribution is -2.38. The van der Waals surface area contributed by atoms with E-state index in [1.54, 1.807) is 31.5 Å². The Kier molecular flexibility index (Phi) is 7.22. The fraction of sp³-hybridized carbons (Fsp3) is 0.172. The summed E-state index contributed by atoms with van der Waals surface area (Å²) >= 11 is 0. The predicted octanol–water partition coefficient (Wildman–Crippen LogP) is 5.21. The third-order valence-corrected chi connectivity index (χ3v) is 6.38. The van der Waals surface area contributed by atoms with Crippen molar-refractivity contribution < 1.29 is 27.5 Å². The molecule has 4 heterocycles. The van der Waals surface area contributed by atoms with Crippen molar-refractivity contribution >= 4 is 11.6 Å². The van der Waals surface area contributed by atoms with E-state index < -0.39 is 29.9 Å². The third-order valence-electron chi connectivity index (χ3n) is 6.38. The first-order valence-corrected chi connectivity index (χ1v) is 12.3. The van der Waals surface area contributed by atoms with E-state index in [4.69, 9.17) is 4.84 Å². The first kappa shape index (κ1) is 26.8. The SMILES string of the molecule is Cc1ccc(-c2cc(C(=O)NC(C)c3ccc(C(F)(F)F)[n+]([O-])c3)cc(C3=C[C@@H](c4ccccn4)ON3)c2)nc1. The number of hydrogen-bond donors (Lipinski definition) is 2. The van der Waals surface area contributed by atoms with Crippen LogP contribution in [0.4, 0.5) is 13.2 Å². The first-order chi connectivity index (χ1) is 19.1. The van der Waals surface area contributed by atoms with Gasteiger partial charge in [-0.2, -0.15) is 17.9 Å². The van der Waals surface area contributed by atoms with Crippen LogP contribution >= 0.6 is 0 Å². The molecule has 8 nitrogen and oxygen atoms in total. The molecular weight excluding hydrogens is 523 g/mol. The molecule has 0 radical (unpaired) electrons. The first-order valence-electron chi connectivity index (χ1n) is 12.3. The van der Waals surface area contributed by atoms with E-state index in [0.29, 0.717) is 34.3 Å². The van der Waals surface area contributed by atoms with Crippen molar-refractivity contribution in [2.24, 2.45) is 0 Å². The lowest BCUT2D eigenvalue weighted by atomic mass is 9.99. The molecule has 0 saturated heterocycles. The molecule has 2 N–H and O–H groups in total. The number of nitrogens with zero attached hydrogens (tertiary/aromatic N) is 3. The summed E-state index contributed by atoms with van der Waals surface area (Å²) in [5, 5.41) is 14.7. The zero-order valence-electron chi connectivity index (χ0n) is 21.4. The average Bonchev–Trinajstić information content (AvgIpc) is 3.43. The largest absolute Gasteiger partial charge is 0.618 e. The van der Waals surface area contributed by atoms with Gasteiger partial charge in [0.05, 0.1) is 23.1 Å². The Morgan fingerprint density at radius 3 is 2.58 bits per heavy atom. The minimum atomic E-state index is -4.78. The fourth-order valence-electron chi connectivity index (χ4n) is 4.23. The topological polar surface area (TPSA) is 103 Å². The predicted molar refractivity (Wildman–Crippen MR) is 140 cm³/mol. The van der Waals surface area contributed by atoms with Crippen LogP contribution in [0.25, 0.3) is 17.0 Å². The summed E-state index contributed by atoms with van der Waals surface area (Å²) in [4.78, 5) is 27.9. The number of halogens is 3. The maximum absolute atomic E-state index is 13.4. The number of aromatic nitrogens is 3. The Labute approximate surface area is 227 Å². The second-order valence-corrected chi connectivity index (χ2v) is 9.36. The van der Waals surface area contributed by atoms with E-state index >= 15 is 0 Å². The summed E-state index contributed by atoms with van der Waals surface area (Å²) in [6.07, 6.45) is 0.837. The minimum absolute atomic E-state index is 0.222. The number of rotatable bonds is 6. The summed E-state index contributed by atoms with van der Waals surface area (Å²) < 4.78 is 38.7. The smallest absolute Gasteiger partial charge is 0.478 e. The summed E-state index contributed by atoms with van der Waals surface area (Å²) in [6.45, 7) is 3.50. The lowest BCUT2D eigenvalue weighted by Gasteiger charge is -2.16. The van der Waals surface area contributed by atoms with Crippen molar-refractivity contribution in [3.63, 3.8) is 0 Å². The summed E-state index contributed by atoms with van der Waals surface area (Å²) in [5.41, 5.74) is 6.36. The van der Waals surface area contributed by atoms with Crippen LogP contribution in [0.2, 0.25) is 0 Å². The van der Waals surface area contributed by atoms with Crippen molar-refractivity contribution in [3.8, 4) is 11.3 Å². The van der Waals surface area contributed by atoms with E-state index in [9.17, 15) is 23.2 Å². The van der Waals surface area contributed by atoms with Crippen LogP contribution in [0.1, 0.15) is 57.5 Å². The van der Waals surface area contributed by atoms with Crippen molar-refractivity contribution in [1.82, 2.24) is 20.8 Å². The number of hydroxylamine groups is 1. The molecule has 1 aliphatic heterocycles. The monoisotopic (exact) mass is 547 g/mol. The van der Waals surface area contributed by atoms with Gasteiger partial charge in [0, 0.05) is 40.7 Å². The van der Waals surface area contributed by atoms with Crippen molar-refractivity contribution in [2.45, 2.75) is 32.2 Å². The van der Waals surface area contributed by atoms with E-state index in [1.807, 2.05) is 49.4 Å². The second kappa shape index (κ2) is 10.8. The molecule has 1 aliphatic rings. The number of alkyl halides is 3. The molecule has 1 amide bonds. The van der Waals surface area contributed by atoms with Gasteiger partial charge in [0.1, 0.15) is 6.10 Å². The molecule has 5 rings (SSSR count). The molecule has 40 heavy (non-hydrogen) atoms. The van der Waals surface area contributed by atoms with Gasteiger partial charge in [0.25, 0.3) is 11.6 Å². The van der Waals surface area contributed by atoms with Crippen LogP contribution < -0.4 is 15.5 Å². The molecule has 0 fully saturated rings. The van der Waals surface area contributed by atoms with E-state index in [0.717, 1.165) is 11.8 Å². The molecule has 11 heteroatoms. The normalized spacial score (nSPS) is 15.7. The van der Waals surface area contributed by atoms with Crippen LogP contribution in [-0.2, 0) is 11.0 Å². The van der Waals surface area contributed by atoms with Crippen molar-refractivity contribution in [3.05, 3.63) is 124 Å². The van der Waals surface area contributed by atoms with Gasteiger partial charge in [-0.15, -0.1) is 0 Å². The third kappa shape index (κ3) is 5.79. The number of carbonyl (C=O) groups excluding carboxylic acids is 1. The Balaban J connectivity index is 1.46. The number of hydrogen-bond acceptors (Lipinski definition) is 6. The maximum Gasteiger partial charge on any atom is 0.478 e. The second-order valence-electron chi connectivity index (χ2n) is 9.36. The van der Waals surface area contributed by atoms with E-state index in [2.05, 4.69) is 20.8 Å². The van der Waals surface area contributed by atoms with Crippen molar-refractivity contribution in [2.75, 3.05) is 0 Å². The summed E-state index contributed by atoms with van der Waals surface area (Å²) in [6, 6.07) is 15.6. The standard InChI is InChI=1S/C29H24F3N5O3/c1-17-6-8-23(34-15-17)20-11-21(25-14-26(40-36-25)24-5-3-4-10-33-24)13-22(12-20)28(38)35-18(2)19-7-9-27(29(30,31)32)37(39)16-19/h3-16,18,26,36H,1-2H3,(H,35,38)/t18?,26-/m0/s1. The van der Waals surface area contributed by atoms with Crippen LogP contribution in [0.5, 0.6) is 0 Å². The molecule has 0 spiro atoms. The maximum atomic E-state index is 13.4. The van der Waals surface area contributed by atoms with Gasteiger partial charge in [-0.1, -0.05) is 12.1 Å². The molecule has 4 aromatic rings. The zero-order chi connectivity index (χ0) is 28.4. The molecule has 1 unspecified atom stereocenters. The summed E-state index contributed by atoms with van der Waals surface area (Å²) in [5.74, 6) is -0.485.